The van der Waals surface area contributed by atoms with Crippen LogP contribution in [0.15, 0.2) is 36.9 Å². The lowest BCUT2D eigenvalue weighted by atomic mass is 10.0. The Morgan fingerprint density at radius 2 is 1.88 bits per heavy atom. The van der Waals surface area contributed by atoms with Crippen molar-refractivity contribution < 1.29 is 0 Å². The quantitative estimate of drug-likeness (QED) is 0.677. The highest BCUT2D eigenvalue weighted by molar-refractivity contribution is 14.1. The molecule has 1 aliphatic heterocycles. The summed E-state index contributed by atoms with van der Waals surface area (Å²) in [6.07, 6.45) is 2.05. The summed E-state index contributed by atoms with van der Waals surface area (Å²) in [6.45, 7) is 8.33. The Kier molecular flexibility index (Phi) is 4.37. The van der Waals surface area contributed by atoms with E-state index < -0.39 is 0 Å². The fourth-order valence-corrected chi connectivity index (χ4v) is 2.48. The maximum absolute atomic E-state index is 3.97. The van der Waals surface area contributed by atoms with Crippen molar-refractivity contribution in [3.8, 4) is 0 Å². The first-order valence-corrected chi connectivity index (χ1v) is 6.72. The Hall–Kier alpha value is -0.390. The van der Waals surface area contributed by atoms with Gasteiger partial charge in [0.25, 0.3) is 0 Å². The monoisotopic (exact) mass is 328 g/mol. The summed E-state index contributed by atoms with van der Waals surface area (Å²) in [4.78, 5) is 2.48. The van der Waals surface area contributed by atoms with Crippen LogP contribution in [0, 0.1) is 3.57 Å². The molecular weight excluding hydrogens is 311 g/mol. The minimum absolute atomic E-state index is 0.360. The molecule has 2 nitrogen and oxygen atoms in total. The normalized spacial score (nSPS) is 19.3. The van der Waals surface area contributed by atoms with E-state index in [0.717, 1.165) is 26.2 Å². The average molecular weight is 328 g/mol. The summed E-state index contributed by atoms with van der Waals surface area (Å²) in [7, 11) is 0. The molecule has 1 aliphatic rings. The zero-order valence-electron chi connectivity index (χ0n) is 9.32. The van der Waals surface area contributed by atoms with E-state index in [1.54, 1.807) is 0 Å². The van der Waals surface area contributed by atoms with Gasteiger partial charge >= 0.3 is 0 Å². The van der Waals surface area contributed by atoms with E-state index >= 15 is 0 Å². The van der Waals surface area contributed by atoms with Crippen LogP contribution in [0.3, 0.4) is 0 Å². The zero-order valence-corrected chi connectivity index (χ0v) is 11.5. The molecule has 0 unspecified atom stereocenters. The van der Waals surface area contributed by atoms with Gasteiger partial charge in [0.2, 0.25) is 0 Å². The van der Waals surface area contributed by atoms with E-state index in [2.05, 4.69) is 63.7 Å². The zero-order chi connectivity index (χ0) is 11.4. The van der Waals surface area contributed by atoms with Gasteiger partial charge in [-0.3, -0.25) is 4.90 Å². The lowest BCUT2D eigenvalue weighted by Gasteiger charge is -2.33. The number of hydrogen-bond acceptors (Lipinski definition) is 2. The molecule has 1 aromatic rings. The molecule has 1 fully saturated rings. The van der Waals surface area contributed by atoms with Crippen LogP contribution in [0.5, 0.6) is 0 Å². The maximum atomic E-state index is 3.97. The number of benzene rings is 1. The van der Waals surface area contributed by atoms with Crippen molar-refractivity contribution in [1.29, 1.82) is 0 Å². The number of nitrogens with one attached hydrogen (secondary N) is 1. The summed E-state index contributed by atoms with van der Waals surface area (Å²) >= 11 is 2.34. The number of nitrogens with zero attached hydrogens (tertiary/aromatic N) is 1. The first kappa shape index (κ1) is 12.1. The van der Waals surface area contributed by atoms with Crippen molar-refractivity contribution in [2.45, 2.75) is 6.04 Å². The minimum atomic E-state index is 0.360. The first-order chi connectivity index (χ1) is 7.81. The molecule has 0 bridgehead atoms. The molecule has 86 valence electrons. The fraction of sp³-hybridized carbons (Fsp3) is 0.385. The van der Waals surface area contributed by atoms with Gasteiger partial charge in [0.05, 0.1) is 6.04 Å². The second-order valence-electron chi connectivity index (χ2n) is 4.02. The van der Waals surface area contributed by atoms with Crippen molar-refractivity contribution in [1.82, 2.24) is 10.2 Å². The van der Waals surface area contributed by atoms with Gasteiger partial charge in [-0.2, -0.15) is 0 Å². The molecule has 0 saturated carbocycles. The molecule has 1 aromatic carbocycles. The van der Waals surface area contributed by atoms with Gasteiger partial charge in [0.15, 0.2) is 0 Å². The van der Waals surface area contributed by atoms with Crippen molar-refractivity contribution in [3.63, 3.8) is 0 Å². The van der Waals surface area contributed by atoms with Crippen LogP contribution in [0.25, 0.3) is 0 Å². The molecule has 2 rings (SSSR count). The highest BCUT2D eigenvalue weighted by Crippen LogP contribution is 2.22. The van der Waals surface area contributed by atoms with Gasteiger partial charge in [0, 0.05) is 29.7 Å². The van der Waals surface area contributed by atoms with Gasteiger partial charge in [-0.1, -0.05) is 18.2 Å². The summed E-state index contributed by atoms with van der Waals surface area (Å²) in [6, 6.07) is 9.09. The second kappa shape index (κ2) is 5.80. The molecule has 1 heterocycles. The third-order valence-electron chi connectivity index (χ3n) is 2.98. The molecule has 1 N–H and O–H groups in total. The molecule has 3 heteroatoms. The predicted molar refractivity (Wildman–Crippen MR) is 76.5 cm³/mol. The van der Waals surface area contributed by atoms with E-state index in [-0.39, 0.29) is 0 Å². The molecule has 1 saturated heterocycles. The van der Waals surface area contributed by atoms with E-state index in [9.17, 15) is 0 Å². The third-order valence-corrected chi connectivity index (χ3v) is 3.70. The predicted octanol–water partition coefficient (Wildman–Crippen LogP) is 2.42. The molecule has 16 heavy (non-hydrogen) atoms. The summed E-state index contributed by atoms with van der Waals surface area (Å²) in [5.74, 6) is 0. The van der Waals surface area contributed by atoms with Crippen molar-refractivity contribution in [2.75, 3.05) is 26.2 Å². The van der Waals surface area contributed by atoms with Crippen LogP contribution in [0.4, 0.5) is 0 Å². The van der Waals surface area contributed by atoms with Crippen LogP contribution in [-0.2, 0) is 0 Å². The van der Waals surface area contributed by atoms with Crippen molar-refractivity contribution in [2.24, 2.45) is 0 Å². The third kappa shape index (κ3) is 2.84. The number of rotatable bonds is 3. The van der Waals surface area contributed by atoms with Gasteiger partial charge in [0.1, 0.15) is 0 Å². The van der Waals surface area contributed by atoms with Gasteiger partial charge < -0.3 is 5.32 Å². The Bertz CT molecular complexity index is 341. The average Bonchev–Trinajstić information content (AvgIpc) is 2.34. The Morgan fingerprint density at radius 3 is 2.44 bits per heavy atom. The minimum Gasteiger partial charge on any atom is -0.314 e. The van der Waals surface area contributed by atoms with Crippen LogP contribution in [0.1, 0.15) is 11.6 Å². The summed E-state index contributed by atoms with van der Waals surface area (Å²) < 4.78 is 1.28. The smallest absolute Gasteiger partial charge is 0.0529 e. The topological polar surface area (TPSA) is 15.3 Å². The SMILES string of the molecule is C=C[C@@H](c1ccc(I)cc1)N1CCNCC1. The Balaban J connectivity index is 2.14. The number of piperazine rings is 1. The van der Waals surface area contributed by atoms with E-state index in [1.165, 1.54) is 9.13 Å². The first-order valence-electron chi connectivity index (χ1n) is 5.64. The van der Waals surface area contributed by atoms with Crippen molar-refractivity contribution in [3.05, 3.63) is 46.1 Å². The molecular formula is C13H17IN2. The van der Waals surface area contributed by atoms with Gasteiger partial charge in [-0.15, -0.1) is 6.58 Å². The molecule has 0 aliphatic carbocycles. The fourth-order valence-electron chi connectivity index (χ4n) is 2.12. The lowest BCUT2D eigenvalue weighted by Crippen LogP contribution is -2.44. The van der Waals surface area contributed by atoms with E-state index in [1.807, 2.05) is 6.08 Å². The summed E-state index contributed by atoms with van der Waals surface area (Å²) in [5, 5.41) is 3.38. The standard InChI is InChI=1S/C13H17IN2/c1-2-13(16-9-7-15-8-10-16)11-3-5-12(14)6-4-11/h2-6,13,15H,1,7-10H2/t13-/m0/s1. The van der Waals surface area contributed by atoms with Crippen LogP contribution in [0.2, 0.25) is 0 Å². The summed E-state index contributed by atoms with van der Waals surface area (Å²) in [5.41, 5.74) is 1.34. The highest BCUT2D eigenvalue weighted by atomic mass is 127. The number of halogens is 1. The Labute approximate surface area is 111 Å². The molecule has 0 amide bonds. The molecule has 0 radical (unpaired) electrons. The lowest BCUT2D eigenvalue weighted by molar-refractivity contribution is 0.203. The largest absolute Gasteiger partial charge is 0.314 e. The van der Waals surface area contributed by atoms with E-state index in [4.69, 9.17) is 0 Å². The van der Waals surface area contributed by atoms with Crippen LogP contribution in [-0.4, -0.2) is 31.1 Å². The van der Waals surface area contributed by atoms with Crippen molar-refractivity contribution >= 4 is 22.6 Å². The van der Waals surface area contributed by atoms with Gasteiger partial charge in [-0.05, 0) is 40.3 Å². The van der Waals surface area contributed by atoms with Gasteiger partial charge in [-0.25, -0.2) is 0 Å². The Morgan fingerprint density at radius 1 is 1.25 bits per heavy atom. The van der Waals surface area contributed by atoms with E-state index in [0.29, 0.717) is 6.04 Å². The molecule has 1 atom stereocenters. The number of hydrogen-bond donors (Lipinski definition) is 1. The van der Waals surface area contributed by atoms with Crippen LogP contribution < -0.4 is 5.32 Å². The molecule has 0 aromatic heterocycles. The maximum Gasteiger partial charge on any atom is 0.0529 e. The highest BCUT2D eigenvalue weighted by Gasteiger charge is 2.18. The van der Waals surface area contributed by atoms with Crippen LogP contribution >= 0.6 is 22.6 Å². The second-order valence-corrected chi connectivity index (χ2v) is 5.26. The molecule has 0 spiro atoms.